The lowest BCUT2D eigenvalue weighted by molar-refractivity contribution is 0.199. The van der Waals surface area contributed by atoms with Gasteiger partial charge in [0.1, 0.15) is 5.75 Å². The van der Waals surface area contributed by atoms with Crippen molar-refractivity contribution >= 4 is 20.8 Å². The van der Waals surface area contributed by atoms with E-state index in [9.17, 15) is 8.42 Å². The van der Waals surface area contributed by atoms with Crippen LogP contribution in [-0.2, 0) is 14.8 Å². The molecule has 2 aromatic carbocycles. The molecule has 0 bridgehead atoms. The lowest BCUT2D eigenvalue weighted by Crippen LogP contribution is -2.33. The summed E-state index contributed by atoms with van der Waals surface area (Å²) in [6.45, 7) is 2.13. The molecule has 0 spiro atoms. The number of hydrogen-bond donors (Lipinski definition) is 2. The molecule has 2 rings (SSSR count). The van der Waals surface area contributed by atoms with Gasteiger partial charge in [0, 0.05) is 37.5 Å². The summed E-state index contributed by atoms with van der Waals surface area (Å²) in [6, 6.07) is 10.5. The molecule has 2 N–H and O–H groups in total. The van der Waals surface area contributed by atoms with Crippen LogP contribution in [0.1, 0.15) is 0 Å². The summed E-state index contributed by atoms with van der Waals surface area (Å²) < 4.78 is 37.9. The molecular weight excluding hydrogens is 316 g/mol. The van der Waals surface area contributed by atoms with Crippen molar-refractivity contribution in [2.24, 2.45) is 0 Å². The predicted octanol–water partition coefficient (Wildman–Crippen LogP) is 1.36. The molecule has 0 saturated heterocycles. The first-order valence-corrected chi connectivity index (χ1v) is 8.83. The number of nitrogens with one attached hydrogen (secondary N) is 2. The van der Waals surface area contributed by atoms with Crippen LogP contribution < -0.4 is 14.8 Å². The fourth-order valence-corrected chi connectivity index (χ4v) is 3.55. The van der Waals surface area contributed by atoms with Crippen molar-refractivity contribution in [3.05, 3.63) is 36.4 Å². The number of rotatable bonds is 9. The van der Waals surface area contributed by atoms with Gasteiger partial charge in [-0.3, -0.25) is 0 Å². The van der Waals surface area contributed by atoms with Crippen molar-refractivity contribution in [3.63, 3.8) is 0 Å². The van der Waals surface area contributed by atoms with E-state index in [0.717, 1.165) is 5.39 Å². The third-order valence-electron chi connectivity index (χ3n) is 3.43. The highest BCUT2D eigenvalue weighted by Gasteiger charge is 2.18. The van der Waals surface area contributed by atoms with Crippen LogP contribution in [0.4, 0.5) is 0 Å². The van der Waals surface area contributed by atoms with Crippen molar-refractivity contribution in [2.75, 3.05) is 40.5 Å². The van der Waals surface area contributed by atoms with Crippen LogP contribution in [0.2, 0.25) is 0 Å². The second-order valence-corrected chi connectivity index (χ2v) is 6.69. The number of ether oxygens (including phenoxy) is 2. The first-order chi connectivity index (χ1) is 11.1. The molecule has 126 valence electrons. The van der Waals surface area contributed by atoms with E-state index in [1.165, 1.54) is 0 Å². The number of methoxy groups -OCH3 is 2. The number of sulfonamides is 1. The molecule has 0 saturated carbocycles. The summed E-state index contributed by atoms with van der Waals surface area (Å²) in [7, 11) is -0.388. The van der Waals surface area contributed by atoms with E-state index >= 15 is 0 Å². The van der Waals surface area contributed by atoms with E-state index in [1.54, 1.807) is 32.4 Å². The predicted molar refractivity (Wildman–Crippen MR) is 90.4 cm³/mol. The van der Waals surface area contributed by atoms with E-state index in [4.69, 9.17) is 9.47 Å². The smallest absolute Gasteiger partial charge is 0.241 e. The summed E-state index contributed by atoms with van der Waals surface area (Å²) >= 11 is 0. The molecule has 0 heterocycles. The van der Waals surface area contributed by atoms with Crippen LogP contribution in [-0.4, -0.2) is 48.9 Å². The minimum absolute atomic E-state index is 0.255. The molecular formula is C16H22N2O4S. The van der Waals surface area contributed by atoms with Crippen LogP contribution in [0.3, 0.4) is 0 Å². The Morgan fingerprint density at radius 2 is 1.70 bits per heavy atom. The second-order valence-electron chi connectivity index (χ2n) is 4.95. The fourth-order valence-electron chi connectivity index (χ4n) is 2.31. The normalized spacial score (nSPS) is 11.7. The maximum absolute atomic E-state index is 12.5. The van der Waals surface area contributed by atoms with Gasteiger partial charge in [-0.1, -0.05) is 24.3 Å². The van der Waals surface area contributed by atoms with Crippen LogP contribution >= 0.6 is 0 Å². The van der Waals surface area contributed by atoms with E-state index in [1.807, 2.05) is 18.2 Å². The van der Waals surface area contributed by atoms with Gasteiger partial charge in [0.15, 0.2) is 0 Å². The summed E-state index contributed by atoms with van der Waals surface area (Å²) in [6.07, 6.45) is 0. The third kappa shape index (κ3) is 4.42. The Balaban J connectivity index is 2.15. The maximum atomic E-state index is 12.5. The Kier molecular flexibility index (Phi) is 6.35. The summed E-state index contributed by atoms with van der Waals surface area (Å²) in [4.78, 5) is 0.255. The summed E-state index contributed by atoms with van der Waals surface area (Å²) in [5.41, 5.74) is 0. The fraction of sp³-hybridized carbons (Fsp3) is 0.375. The Labute approximate surface area is 136 Å². The number of hydrogen-bond acceptors (Lipinski definition) is 5. The zero-order valence-corrected chi connectivity index (χ0v) is 14.2. The zero-order chi connectivity index (χ0) is 16.7. The van der Waals surface area contributed by atoms with Crippen molar-refractivity contribution in [2.45, 2.75) is 4.90 Å². The molecule has 7 heteroatoms. The van der Waals surface area contributed by atoms with Crippen molar-refractivity contribution < 1.29 is 17.9 Å². The minimum Gasteiger partial charge on any atom is -0.496 e. The third-order valence-corrected chi connectivity index (χ3v) is 4.95. The second kappa shape index (κ2) is 8.26. The first kappa shape index (κ1) is 17.7. The molecule has 0 radical (unpaired) electrons. The first-order valence-electron chi connectivity index (χ1n) is 7.35. The van der Waals surface area contributed by atoms with Gasteiger partial charge in [-0.2, -0.15) is 0 Å². The molecule has 6 nitrogen and oxygen atoms in total. The molecule has 0 atom stereocenters. The van der Waals surface area contributed by atoms with Crippen LogP contribution in [0.15, 0.2) is 41.3 Å². The average molecular weight is 338 g/mol. The van der Waals surface area contributed by atoms with Crippen molar-refractivity contribution in [1.29, 1.82) is 0 Å². The molecule has 2 aromatic rings. The SMILES string of the molecule is COCCNCCNS(=O)(=O)c1ccc(OC)c2ccccc12. The van der Waals surface area contributed by atoms with Crippen molar-refractivity contribution in [3.8, 4) is 5.75 Å². The monoisotopic (exact) mass is 338 g/mol. The maximum Gasteiger partial charge on any atom is 0.241 e. The Morgan fingerprint density at radius 3 is 2.39 bits per heavy atom. The molecule has 0 amide bonds. The topological polar surface area (TPSA) is 76.7 Å². The quantitative estimate of drug-likeness (QED) is 0.675. The molecule has 0 aliphatic rings. The number of benzene rings is 2. The van der Waals surface area contributed by atoms with Gasteiger partial charge in [0.05, 0.1) is 18.6 Å². The molecule has 0 fully saturated rings. The largest absolute Gasteiger partial charge is 0.496 e. The molecule has 0 aromatic heterocycles. The highest BCUT2D eigenvalue weighted by Crippen LogP contribution is 2.30. The molecule has 0 unspecified atom stereocenters. The van der Waals surface area contributed by atoms with Crippen LogP contribution in [0.5, 0.6) is 5.75 Å². The standard InChI is InChI=1S/C16H22N2O4S/c1-21-12-11-17-9-10-18-23(19,20)16-8-7-15(22-2)13-5-3-4-6-14(13)16/h3-8,17-18H,9-12H2,1-2H3. The van der Waals surface area contributed by atoms with Gasteiger partial charge >= 0.3 is 0 Å². The lowest BCUT2D eigenvalue weighted by atomic mass is 10.1. The van der Waals surface area contributed by atoms with Gasteiger partial charge in [0.25, 0.3) is 0 Å². The average Bonchev–Trinajstić information content (AvgIpc) is 2.56. The van der Waals surface area contributed by atoms with Gasteiger partial charge in [-0.05, 0) is 12.1 Å². The minimum atomic E-state index is -3.58. The highest BCUT2D eigenvalue weighted by atomic mass is 32.2. The van der Waals surface area contributed by atoms with E-state index < -0.39 is 10.0 Å². The summed E-state index contributed by atoms with van der Waals surface area (Å²) in [5, 5.41) is 4.51. The van der Waals surface area contributed by atoms with Gasteiger partial charge < -0.3 is 14.8 Å². The molecule has 23 heavy (non-hydrogen) atoms. The van der Waals surface area contributed by atoms with Gasteiger partial charge in [-0.25, -0.2) is 13.1 Å². The Bertz CT molecular complexity index is 747. The number of fused-ring (bicyclic) bond motifs is 1. The van der Waals surface area contributed by atoms with Gasteiger partial charge in [-0.15, -0.1) is 0 Å². The van der Waals surface area contributed by atoms with E-state index in [2.05, 4.69) is 10.0 Å². The highest BCUT2D eigenvalue weighted by molar-refractivity contribution is 7.89. The zero-order valence-electron chi connectivity index (χ0n) is 13.3. The Hall–Kier alpha value is -1.67. The molecule has 0 aliphatic carbocycles. The van der Waals surface area contributed by atoms with Crippen LogP contribution in [0, 0.1) is 0 Å². The Morgan fingerprint density at radius 1 is 0.957 bits per heavy atom. The van der Waals surface area contributed by atoms with Gasteiger partial charge in [0.2, 0.25) is 10.0 Å². The lowest BCUT2D eigenvalue weighted by Gasteiger charge is -2.12. The van der Waals surface area contributed by atoms with E-state index in [0.29, 0.717) is 37.4 Å². The summed E-state index contributed by atoms with van der Waals surface area (Å²) in [5.74, 6) is 0.654. The molecule has 0 aliphatic heterocycles. The van der Waals surface area contributed by atoms with E-state index in [-0.39, 0.29) is 4.90 Å². The van der Waals surface area contributed by atoms with Crippen LogP contribution in [0.25, 0.3) is 10.8 Å². The van der Waals surface area contributed by atoms with Crippen molar-refractivity contribution in [1.82, 2.24) is 10.0 Å².